The minimum Gasteiger partial charge on any atom is -0.389 e. The molecule has 0 saturated heterocycles. The predicted octanol–water partition coefficient (Wildman–Crippen LogP) is 4.26. The molecular formula is C18H19NO. The maximum absolute atomic E-state index is 9.81. The third-order valence-corrected chi connectivity index (χ3v) is 4.42. The molecule has 1 aliphatic carbocycles. The van der Waals surface area contributed by atoms with Crippen molar-refractivity contribution in [3.05, 3.63) is 48.0 Å². The molecule has 1 atom stereocenters. The molecule has 0 spiro atoms. The summed E-state index contributed by atoms with van der Waals surface area (Å²) in [6, 6.07) is 15.0. The zero-order chi connectivity index (χ0) is 13.7. The van der Waals surface area contributed by atoms with Crippen molar-refractivity contribution in [3.63, 3.8) is 0 Å². The first kappa shape index (κ1) is 12.0. The van der Waals surface area contributed by atoms with Gasteiger partial charge in [0.05, 0.1) is 6.10 Å². The Bertz CT molecular complexity index is 781. The lowest BCUT2D eigenvalue weighted by Gasteiger charge is -2.07. The zero-order valence-corrected chi connectivity index (χ0v) is 11.7. The van der Waals surface area contributed by atoms with Crippen molar-refractivity contribution in [3.8, 4) is 0 Å². The van der Waals surface area contributed by atoms with E-state index in [4.69, 9.17) is 0 Å². The van der Waals surface area contributed by atoms with Gasteiger partial charge in [-0.15, -0.1) is 0 Å². The van der Waals surface area contributed by atoms with Crippen LogP contribution in [0.1, 0.15) is 31.4 Å². The number of hydrogen-bond donors (Lipinski definition) is 1. The van der Waals surface area contributed by atoms with Gasteiger partial charge in [-0.3, -0.25) is 0 Å². The van der Waals surface area contributed by atoms with Gasteiger partial charge in [0.15, 0.2) is 0 Å². The van der Waals surface area contributed by atoms with Crippen LogP contribution in [0.15, 0.2) is 42.5 Å². The lowest BCUT2D eigenvalue weighted by molar-refractivity contribution is 0.199. The summed E-state index contributed by atoms with van der Waals surface area (Å²) in [6.07, 6.45) is 2.31. The molecule has 0 amide bonds. The fourth-order valence-electron chi connectivity index (χ4n) is 3.09. The molecule has 1 fully saturated rings. The van der Waals surface area contributed by atoms with Crippen LogP contribution in [0.4, 0.5) is 0 Å². The summed E-state index contributed by atoms with van der Waals surface area (Å²) in [5.74, 6) is 0.852. The van der Waals surface area contributed by atoms with Gasteiger partial charge < -0.3 is 9.67 Å². The van der Waals surface area contributed by atoms with Gasteiger partial charge in [-0.25, -0.2) is 0 Å². The van der Waals surface area contributed by atoms with Crippen LogP contribution in [0, 0.1) is 5.92 Å². The van der Waals surface area contributed by atoms with Crippen molar-refractivity contribution in [2.24, 2.45) is 5.92 Å². The monoisotopic (exact) mass is 265 g/mol. The second-order valence-electron chi connectivity index (χ2n) is 6.02. The highest BCUT2D eigenvalue weighted by molar-refractivity contribution is 6.08. The Labute approximate surface area is 118 Å². The summed E-state index contributed by atoms with van der Waals surface area (Å²) in [5.41, 5.74) is 3.60. The van der Waals surface area contributed by atoms with Crippen LogP contribution in [0.25, 0.3) is 21.8 Å². The minimum absolute atomic E-state index is 0.412. The van der Waals surface area contributed by atoms with Gasteiger partial charge in [-0.1, -0.05) is 24.3 Å². The summed E-state index contributed by atoms with van der Waals surface area (Å²) in [6.45, 7) is 2.95. The molecule has 0 radical (unpaired) electrons. The number of hydrogen-bond acceptors (Lipinski definition) is 1. The van der Waals surface area contributed by atoms with Crippen LogP contribution in [-0.2, 0) is 6.54 Å². The summed E-state index contributed by atoms with van der Waals surface area (Å²) in [5, 5.41) is 12.4. The second-order valence-corrected chi connectivity index (χ2v) is 6.02. The van der Waals surface area contributed by atoms with Gasteiger partial charge in [-0.05, 0) is 49.4 Å². The first-order valence-electron chi connectivity index (χ1n) is 7.43. The fraction of sp³-hybridized carbons (Fsp3) is 0.333. The molecule has 1 heterocycles. The average Bonchev–Trinajstić information content (AvgIpc) is 3.23. The number of benzene rings is 2. The second kappa shape index (κ2) is 4.35. The molecule has 1 saturated carbocycles. The number of fused-ring (bicyclic) bond motifs is 3. The third-order valence-electron chi connectivity index (χ3n) is 4.42. The molecule has 2 aromatic carbocycles. The van der Waals surface area contributed by atoms with Gasteiger partial charge in [-0.2, -0.15) is 0 Å². The van der Waals surface area contributed by atoms with Crippen molar-refractivity contribution >= 4 is 21.8 Å². The molecule has 1 aliphatic rings. The lowest BCUT2D eigenvalue weighted by Crippen LogP contribution is -1.99. The molecule has 0 aliphatic heterocycles. The van der Waals surface area contributed by atoms with Gasteiger partial charge >= 0.3 is 0 Å². The molecule has 4 rings (SSSR count). The standard InChI is InChI=1S/C18H19NO/c1-12(20)14-8-9-18-16(10-14)15-4-2-3-5-17(15)19(18)11-13-6-7-13/h2-5,8-10,12-13,20H,6-7,11H2,1H3. The lowest BCUT2D eigenvalue weighted by atomic mass is 10.1. The van der Waals surface area contributed by atoms with Gasteiger partial charge in [0.25, 0.3) is 0 Å². The molecule has 0 bridgehead atoms. The first-order chi connectivity index (χ1) is 9.74. The smallest absolute Gasteiger partial charge is 0.0762 e. The maximum Gasteiger partial charge on any atom is 0.0762 e. The normalized spacial score (nSPS) is 16.9. The highest BCUT2D eigenvalue weighted by Gasteiger charge is 2.23. The molecule has 3 aromatic rings. The maximum atomic E-state index is 9.81. The molecular weight excluding hydrogens is 246 g/mol. The van der Waals surface area contributed by atoms with E-state index in [0.717, 1.165) is 18.0 Å². The minimum atomic E-state index is -0.412. The highest BCUT2D eigenvalue weighted by Crippen LogP contribution is 2.36. The third kappa shape index (κ3) is 1.83. The number of nitrogens with zero attached hydrogens (tertiary/aromatic N) is 1. The van der Waals surface area contributed by atoms with E-state index in [0.29, 0.717) is 0 Å². The Hall–Kier alpha value is -1.80. The van der Waals surface area contributed by atoms with Gasteiger partial charge in [0, 0.05) is 28.4 Å². The summed E-state index contributed by atoms with van der Waals surface area (Å²) < 4.78 is 2.45. The van der Waals surface area contributed by atoms with Crippen LogP contribution < -0.4 is 0 Å². The van der Waals surface area contributed by atoms with Crippen molar-refractivity contribution in [2.75, 3.05) is 0 Å². The van der Waals surface area contributed by atoms with Crippen molar-refractivity contribution in [1.29, 1.82) is 0 Å². The molecule has 1 unspecified atom stereocenters. The van der Waals surface area contributed by atoms with Crippen LogP contribution in [0.2, 0.25) is 0 Å². The van der Waals surface area contributed by atoms with Crippen LogP contribution in [-0.4, -0.2) is 9.67 Å². The molecule has 20 heavy (non-hydrogen) atoms. The van der Waals surface area contributed by atoms with E-state index in [1.165, 1.54) is 34.6 Å². The zero-order valence-electron chi connectivity index (χ0n) is 11.7. The van der Waals surface area contributed by atoms with E-state index >= 15 is 0 Å². The number of aromatic nitrogens is 1. The molecule has 102 valence electrons. The van der Waals surface area contributed by atoms with E-state index in [1.54, 1.807) is 0 Å². The topological polar surface area (TPSA) is 25.2 Å². The van der Waals surface area contributed by atoms with Crippen molar-refractivity contribution in [1.82, 2.24) is 4.57 Å². The van der Waals surface area contributed by atoms with Crippen LogP contribution in [0.3, 0.4) is 0 Å². The molecule has 1 N–H and O–H groups in total. The summed E-state index contributed by atoms with van der Waals surface area (Å²) in [4.78, 5) is 0. The van der Waals surface area contributed by atoms with E-state index in [1.807, 2.05) is 6.92 Å². The van der Waals surface area contributed by atoms with E-state index < -0.39 is 6.10 Å². The SMILES string of the molecule is CC(O)c1ccc2c(c1)c1ccccc1n2CC1CC1. The number of aliphatic hydroxyl groups is 1. The Morgan fingerprint density at radius 2 is 1.85 bits per heavy atom. The molecule has 2 nitrogen and oxygen atoms in total. The quantitative estimate of drug-likeness (QED) is 0.752. The van der Waals surface area contributed by atoms with Gasteiger partial charge in [0.1, 0.15) is 0 Å². The van der Waals surface area contributed by atoms with E-state index in [2.05, 4.69) is 47.0 Å². The molecule has 2 heteroatoms. The van der Waals surface area contributed by atoms with Crippen molar-refractivity contribution < 1.29 is 5.11 Å². The Balaban J connectivity index is 2.02. The van der Waals surface area contributed by atoms with Gasteiger partial charge in [0.2, 0.25) is 0 Å². The predicted molar refractivity (Wildman–Crippen MR) is 82.8 cm³/mol. The largest absolute Gasteiger partial charge is 0.389 e. The number of rotatable bonds is 3. The fourth-order valence-corrected chi connectivity index (χ4v) is 3.09. The number of para-hydroxylation sites is 1. The Kier molecular flexibility index (Phi) is 2.61. The Morgan fingerprint density at radius 1 is 1.10 bits per heavy atom. The summed E-state index contributed by atoms with van der Waals surface area (Å²) >= 11 is 0. The van der Waals surface area contributed by atoms with Crippen molar-refractivity contribution in [2.45, 2.75) is 32.4 Å². The number of aliphatic hydroxyl groups excluding tert-OH is 1. The van der Waals surface area contributed by atoms with Crippen LogP contribution in [0.5, 0.6) is 0 Å². The summed E-state index contributed by atoms with van der Waals surface area (Å²) in [7, 11) is 0. The molecule has 1 aromatic heterocycles. The highest BCUT2D eigenvalue weighted by atomic mass is 16.3. The first-order valence-corrected chi connectivity index (χ1v) is 7.43. The van der Waals surface area contributed by atoms with E-state index in [9.17, 15) is 5.11 Å². The average molecular weight is 265 g/mol. The van der Waals surface area contributed by atoms with E-state index in [-0.39, 0.29) is 0 Å². The van der Waals surface area contributed by atoms with Crippen LogP contribution >= 0.6 is 0 Å². The Morgan fingerprint density at radius 3 is 2.60 bits per heavy atom.